The van der Waals surface area contributed by atoms with Crippen LogP contribution in [0.1, 0.15) is 67.4 Å². The number of benzene rings is 1. The molecule has 1 aromatic carbocycles. The number of hydrogen-bond acceptors (Lipinski definition) is 6. The summed E-state index contributed by atoms with van der Waals surface area (Å²) in [7, 11) is 0. The topological polar surface area (TPSA) is 105 Å². The quantitative estimate of drug-likeness (QED) is 0.374. The van der Waals surface area contributed by atoms with Crippen LogP contribution in [0.3, 0.4) is 0 Å². The molecule has 26 heavy (non-hydrogen) atoms. The van der Waals surface area contributed by atoms with Crippen LogP contribution >= 0.6 is 15.9 Å². The minimum absolute atomic E-state index is 0.0604. The molecule has 0 saturated heterocycles. The summed E-state index contributed by atoms with van der Waals surface area (Å²) in [6.45, 7) is 1.40. The van der Waals surface area contributed by atoms with Crippen molar-refractivity contribution < 1.29 is 19.7 Å². The van der Waals surface area contributed by atoms with Crippen LogP contribution in [0.4, 0.5) is 5.69 Å². The second-order valence-corrected chi connectivity index (χ2v) is 7.71. The van der Waals surface area contributed by atoms with Gasteiger partial charge in [-0.15, -0.1) is 0 Å². The predicted octanol–water partition coefficient (Wildman–Crippen LogP) is 2.91. The average molecular weight is 429 g/mol. The number of ether oxygens (including phenoxy) is 1. The highest BCUT2D eigenvalue weighted by Crippen LogP contribution is 2.33. The minimum Gasteiger partial charge on any atom is -0.459 e. The summed E-state index contributed by atoms with van der Waals surface area (Å²) in [5.41, 5.74) is 8.13. The van der Waals surface area contributed by atoms with Gasteiger partial charge in [0.15, 0.2) is 0 Å². The number of nitrogens with one attached hydrogen (secondary N) is 1. The van der Waals surface area contributed by atoms with Gasteiger partial charge in [0.25, 0.3) is 0 Å². The predicted molar refractivity (Wildman–Crippen MR) is 105 cm³/mol. The maximum atomic E-state index is 12.3. The summed E-state index contributed by atoms with van der Waals surface area (Å²) in [5, 5.41) is 21.9. The molecule has 1 aliphatic carbocycles. The Labute approximate surface area is 163 Å². The highest BCUT2D eigenvalue weighted by Gasteiger charge is 2.22. The maximum Gasteiger partial charge on any atom is 0.338 e. The normalized spacial score (nSPS) is 17.7. The molecule has 6 nitrogen and oxygen atoms in total. The Morgan fingerprint density at radius 3 is 2.69 bits per heavy atom. The first-order valence-corrected chi connectivity index (χ1v) is 10.1. The summed E-state index contributed by atoms with van der Waals surface area (Å²) in [5.74, 6) is -0.549. The molecule has 0 aliphatic heterocycles. The molecular formula is C19H29BrN2O4. The van der Waals surface area contributed by atoms with Gasteiger partial charge in [-0.25, -0.2) is 4.79 Å². The lowest BCUT2D eigenvalue weighted by Crippen LogP contribution is -2.34. The first-order chi connectivity index (χ1) is 12.5. The molecule has 1 aliphatic rings. The Morgan fingerprint density at radius 2 is 2.08 bits per heavy atom. The molecule has 1 saturated carbocycles. The number of esters is 1. The van der Waals surface area contributed by atoms with Gasteiger partial charge in [0.2, 0.25) is 0 Å². The zero-order chi connectivity index (χ0) is 19.1. The van der Waals surface area contributed by atoms with Crippen LogP contribution in [-0.2, 0) is 4.74 Å². The second kappa shape index (κ2) is 10.3. The van der Waals surface area contributed by atoms with Gasteiger partial charge >= 0.3 is 5.97 Å². The van der Waals surface area contributed by atoms with Gasteiger partial charge in [-0.05, 0) is 52.9 Å². The molecule has 7 heteroatoms. The molecule has 0 bridgehead atoms. The molecule has 0 amide bonds. The smallest absolute Gasteiger partial charge is 0.338 e. The third-order valence-electron chi connectivity index (χ3n) is 4.84. The van der Waals surface area contributed by atoms with E-state index >= 15 is 0 Å². The molecule has 0 radical (unpaired) electrons. The molecule has 0 aromatic heterocycles. The number of halogens is 1. The molecule has 1 fully saturated rings. The molecule has 2 atom stereocenters. The molecule has 0 spiro atoms. The number of anilines is 1. The van der Waals surface area contributed by atoms with Crippen LogP contribution in [0.25, 0.3) is 0 Å². The van der Waals surface area contributed by atoms with Crippen molar-refractivity contribution in [1.82, 2.24) is 5.32 Å². The SMILES string of the molecule is CCC(NC1CCCCC1)c1cc(C(=O)OCC(O)CO)cc(Br)c1N. The fourth-order valence-corrected chi connectivity index (χ4v) is 3.81. The average Bonchev–Trinajstić information content (AvgIpc) is 2.66. The van der Waals surface area contributed by atoms with Crippen molar-refractivity contribution in [2.24, 2.45) is 0 Å². The van der Waals surface area contributed by atoms with E-state index in [4.69, 9.17) is 15.6 Å². The fraction of sp³-hybridized carbons (Fsp3) is 0.632. The number of aliphatic hydroxyl groups excluding tert-OH is 2. The molecule has 146 valence electrons. The van der Waals surface area contributed by atoms with Crippen LogP contribution in [0.2, 0.25) is 0 Å². The standard InChI is InChI=1S/C19H29BrN2O4/c1-2-17(22-13-6-4-3-5-7-13)15-8-12(9-16(20)18(15)21)19(25)26-11-14(24)10-23/h8-9,13-14,17,22-24H,2-7,10-11,21H2,1H3. The van der Waals surface area contributed by atoms with E-state index in [0.717, 1.165) is 12.0 Å². The first kappa shape index (κ1) is 21.2. The number of carbonyl (C=O) groups excluding carboxylic acids is 1. The van der Waals surface area contributed by atoms with Gasteiger partial charge in [0.05, 0.1) is 17.9 Å². The van der Waals surface area contributed by atoms with Crippen molar-refractivity contribution in [2.75, 3.05) is 18.9 Å². The number of carbonyl (C=O) groups is 1. The maximum absolute atomic E-state index is 12.3. The van der Waals surface area contributed by atoms with Crippen LogP contribution < -0.4 is 11.1 Å². The lowest BCUT2D eigenvalue weighted by Gasteiger charge is -2.29. The largest absolute Gasteiger partial charge is 0.459 e. The van der Waals surface area contributed by atoms with Gasteiger partial charge in [-0.1, -0.05) is 26.2 Å². The molecular weight excluding hydrogens is 400 g/mol. The summed E-state index contributed by atoms with van der Waals surface area (Å²) in [4.78, 5) is 12.3. The summed E-state index contributed by atoms with van der Waals surface area (Å²) in [6, 6.07) is 3.92. The Hall–Kier alpha value is -1.15. The molecule has 2 unspecified atom stereocenters. The van der Waals surface area contributed by atoms with E-state index < -0.39 is 18.7 Å². The number of hydrogen-bond donors (Lipinski definition) is 4. The van der Waals surface area contributed by atoms with E-state index in [2.05, 4.69) is 28.2 Å². The lowest BCUT2D eigenvalue weighted by molar-refractivity contribution is 0.00932. The second-order valence-electron chi connectivity index (χ2n) is 6.86. The van der Waals surface area contributed by atoms with Crippen molar-refractivity contribution in [2.45, 2.75) is 63.6 Å². The molecule has 5 N–H and O–H groups in total. The number of nitrogen functional groups attached to an aromatic ring is 1. The van der Waals surface area contributed by atoms with E-state index in [1.165, 1.54) is 32.1 Å². The zero-order valence-electron chi connectivity index (χ0n) is 15.2. The van der Waals surface area contributed by atoms with Crippen LogP contribution in [0.15, 0.2) is 16.6 Å². The number of aliphatic hydroxyl groups is 2. The monoisotopic (exact) mass is 428 g/mol. The molecule has 2 rings (SSSR count). The molecule has 1 aromatic rings. The summed E-state index contributed by atoms with van der Waals surface area (Å²) in [6.07, 6.45) is 5.89. The number of nitrogens with two attached hydrogens (primary N) is 1. The van der Waals surface area contributed by atoms with E-state index in [0.29, 0.717) is 21.8 Å². The lowest BCUT2D eigenvalue weighted by atomic mass is 9.92. The van der Waals surface area contributed by atoms with E-state index in [1.54, 1.807) is 12.1 Å². The molecule has 0 heterocycles. The van der Waals surface area contributed by atoms with Crippen molar-refractivity contribution in [3.05, 3.63) is 27.7 Å². The Balaban J connectivity index is 2.17. The van der Waals surface area contributed by atoms with E-state index in [9.17, 15) is 9.90 Å². The Bertz CT molecular complexity index is 605. The van der Waals surface area contributed by atoms with E-state index in [1.807, 2.05) is 0 Å². The van der Waals surface area contributed by atoms with Crippen molar-refractivity contribution in [3.8, 4) is 0 Å². The van der Waals surface area contributed by atoms with Gasteiger partial charge in [0, 0.05) is 16.6 Å². The minimum atomic E-state index is -1.08. The van der Waals surface area contributed by atoms with Gasteiger partial charge in [0.1, 0.15) is 12.7 Å². The van der Waals surface area contributed by atoms with Gasteiger partial charge in [-0.3, -0.25) is 0 Å². The van der Waals surface area contributed by atoms with Crippen molar-refractivity contribution in [3.63, 3.8) is 0 Å². The van der Waals surface area contributed by atoms with Crippen LogP contribution in [0.5, 0.6) is 0 Å². The van der Waals surface area contributed by atoms with Crippen LogP contribution in [-0.4, -0.2) is 41.5 Å². The third kappa shape index (κ3) is 5.67. The van der Waals surface area contributed by atoms with Gasteiger partial charge < -0.3 is 26.0 Å². The van der Waals surface area contributed by atoms with Crippen molar-refractivity contribution in [1.29, 1.82) is 0 Å². The summed E-state index contributed by atoms with van der Waals surface area (Å²) < 4.78 is 5.71. The fourth-order valence-electron chi connectivity index (χ4n) is 3.33. The third-order valence-corrected chi connectivity index (χ3v) is 5.50. The number of rotatable bonds is 8. The van der Waals surface area contributed by atoms with Crippen molar-refractivity contribution >= 4 is 27.6 Å². The van der Waals surface area contributed by atoms with Gasteiger partial charge in [-0.2, -0.15) is 0 Å². The zero-order valence-corrected chi connectivity index (χ0v) is 16.8. The Kier molecular flexibility index (Phi) is 8.34. The summed E-state index contributed by atoms with van der Waals surface area (Å²) >= 11 is 3.43. The van der Waals surface area contributed by atoms with Crippen LogP contribution in [0, 0.1) is 0 Å². The van der Waals surface area contributed by atoms with E-state index in [-0.39, 0.29) is 12.6 Å². The highest BCUT2D eigenvalue weighted by atomic mass is 79.9. The highest BCUT2D eigenvalue weighted by molar-refractivity contribution is 9.10. The first-order valence-electron chi connectivity index (χ1n) is 9.27. The Morgan fingerprint density at radius 1 is 1.38 bits per heavy atom.